The molecule has 1 aliphatic heterocycles. The number of ether oxygens (including phenoxy) is 2. The lowest BCUT2D eigenvalue weighted by molar-refractivity contribution is -0.309. The van der Waals surface area contributed by atoms with Gasteiger partial charge in [-0.1, -0.05) is 38.5 Å². The average Bonchev–Trinajstić information content (AvgIpc) is 2.80. The highest BCUT2D eigenvalue weighted by Crippen LogP contribution is 2.62. The predicted molar refractivity (Wildman–Crippen MR) is 127 cm³/mol. The number of hydrogen-bond donors (Lipinski definition) is 6. The second-order valence-corrected chi connectivity index (χ2v) is 11.1. The third-order valence-corrected chi connectivity index (χ3v) is 8.91. The number of hydrogen-bond acceptors (Lipinski definition) is 8. The van der Waals surface area contributed by atoms with Crippen molar-refractivity contribution in [1.29, 1.82) is 0 Å². The minimum atomic E-state index is -1.45. The highest BCUT2D eigenvalue weighted by Gasteiger charge is 2.55. The minimum absolute atomic E-state index is 0.0147. The van der Waals surface area contributed by atoms with E-state index in [1.807, 2.05) is 0 Å². The number of aliphatic hydroxyl groups is 6. The lowest BCUT2D eigenvalue weighted by Crippen LogP contribution is -2.60. The van der Waals surface area contributed by atoms with E-state index < -0.39 is 37.3 Å². The molecule has 0 amide bonds. The first-order valence-electron chi connectivity index (χ1n) is 12.6. The summed E-state index contributed by atoms with van der Waals surface area (Å²) in [4.78, 5) is 0. The van der Waals surface area contributed by atoms with Gasteiger partial charge in [-0.2, -0.15) is 0 Å². The van der Waals surface area contributed by atoms with E-state index in [1.54, 1.807) is 6.08 Å². The number of fused-ring (bicyclic) bond motifs is 1. The average molecular weight is 485 g/mol. The zero-order valence-corrected chi connectivity index (χ0v) is 20.6. The van der Waals surface area contributed by atoms with Crippen molar-refractivity contribution in [2.45, 2.75) is 89.5 Å². The molecule has 0 aromatic rings. The van der Waals surface area contributed by atoms with E-state index in [4.69, 9.17) is 9.47 Å². The van der Waals surface area contributed by atoms with Crippen molar-refractivity contribution in [2.24, 2.45) is 22.7 Å². The third kappa shape index (κ3) is 5.44. The van der Waals surface area contributed by atoms with E-state index in [1.165, 1.54) is 5.57 Å². The van der Waals surface area contributed by atoms with Gasteiger partial charge in [-0.05, 0) is 66.8 Å². The Bertz CT molecular complexity index is 724. The Hall–Kier alpha value is -0.840. The fourth-order valence-electron chi connectivity index (χ4n) is 6.97. The summed E-state index contributed by atoms with van der Waals surface area (Å²) in [5, 5.41) is 58.8. The van der Waals surface area contributed by atoms with Crippen LogP contribution in [-0.2, 0) is 9.47 Å². The molecule has 3 rings (SSSR count). The van der Waals surface area contributed by atoms with Gasteiger partial charge in [0.15, 0.2) is 6.29 Å². The molecule has 8 heteroatoms. The van der Waals surface area contributed by atoms with E-state index >= 15 is 0 Å². The summed E-state index contributed by atoms with van der Waals surface area (Å²) in [6.45, 7) is 8.69. The van der Waals surface area contributed by atoms with Gasteiger partial charge in [0.1, 0.15) is 24.4 Å². The Morgan fingerprint density at radius 3 is 2.50 bits per heavy atom. The van der Waals surface area contributed by atoms with Gasteiger partial charge in [0.2, 0.25) is 0 Å². The number of allylic oxidation sites excluding steroid dienone is 1. The molecule has 0 spiro atoms. The summed E-state index contributed by atoms with van der Waals surface area (Å²) in [5.74, 6) is 0.653. The van der Waals surface area contributed by atoms with Crippen molar-refractivity contribution in [1.82, 2.24) is 0 Å². The maximum Gasteiger partial charge on any atom is 0.186 e. The maximum atomic E-state index is 10.4. The molecule has 3 fully saturated rings. The van der Waals surface area contributed by atoms with Gasteiger partial charge in [-0.15, -0.1) is 0 Å². The van der Waals surface area contributed by atoms with E-state index in [0.29, 0.717) is 18.4 Å². The van der Waals surface area contributed by atoms with Gasteiger partial charge in [0.05, 0.1) is 26.4 Å². The van der Waals surface area contributed by atoms with Gasteiger partial charge in [0.25, 0.3) is 0 Å². The molecule has 0 bridgehead atoms. The summed E-state index contributed by atoms with van der Waals surface area (Å²) in [7, 11) is 0. The van der Waals surface area contributed by atoms with E-state index in [9.17, 15) is 30.6 Å². The third-order valence-electron chi connectivity index (χ3n) is 8.91. The molecule has 1 heterocycles. The molecule has 3 aliphatic rings. The van der Waals surface area contributed by atoms with Crippen molar-refractivity contribution < 1.29 is 40.1 Å². The Morgan fingerprint density at radius 2 is 1.85 bits per heavy atom. The predicted octanol–water partition coefficient (Wildman–Crippen LogP) is 1.27. The van der Waals surface area contributed by atoms with Gasteiger partial charge in [-0.3, -0.25) is 0 Å². The summed E-state index contributed by atoms with van der Waals surface area (Å²) in [6, 6.07) is 0. The Morgan fingerprint density at radius 1 is 1.12 bits per heavy atom. The lowest BCUT2D eigenvalue weighted by Gasteiger charge is -2.59. The van der Waals surface area contributed by atoms with Crippen LogP contribution in [-0.4, -0.2) is 87.8 Å². The molecule has 196 valence electrons. The molecule has 0 aromatic carbocycles. The zero-order valence-electron chi connectivity index (χ0n) is 20.6. The summed E-state index contributed by atoms with van der Waals surface area (Å²) in [5.41, 5.74) is 1.94. The monoisotopic (exact) mass is 484 g/mol. The van der Waals surface area contributed by atoms with Crippen LogP contribution in [0.25, 0.3) is 0 Å². The standard InChI is InChI=1S/C26H44O8/c1-16-5-8-20-25(2,15-33-24-23(32)22(31)21(30)19(14-29)34-24)10-4-11-26(20,3)18(16)7-6-17(13-28)9-12-27/h9,18-24,27-32H,1,4-8,10-15H2,2-3H3/b17-9-/t18-,19?,20-,21?,22?,23?,24?,25+,26+/m1/s1. The normalized spacial score (nSPS) is 43.6. The van der Waals surface area contributed by atoms with Gasteiger partial charge >= 0.3 is 0 Å². The van der Waals surface area contributed by atoms with Crippen LogP contribution in [0.15, 0.2) is 23.8 Å². The van der Waals surface area contributed by atoms with Gasteiger partial charge in [-0.25, -0.2) is 0 Å². The second kappa shape index (κ2) is 11.5. The number of rotatable bonds is 9. The SMILES string of the molecule is C=C1CC[C@@H]2[C@](C)(COC3OC(CO)C(O)C(O)C3O)CCC[C@@]2(C)[C@@H]1CC/C(=C/CO)CO. The molecule has 5 unspecified atom stereocenters. The molecule has 34 heavy (non-hydrogen) atoms. The molecule has 8 nitrogen and oxygen atoms in total. The lowest BCUT2D eigenvalue weighted by atomic mass is 9.47. The van der Waals surface area contributed by atoms with E-state index in [2.05, 4.69) is 20.4 Å². The first kappa shape index (κ1) is 27.7. The van der Waals surface area contributed by atoms with Crippen molar-refractivity contribution in [3.8, 4) is 0 Å². The van der Waals surface area contributed by atoms with Crippen LogP contribution >= 0.6 is 0 Å². The van der Waals surface area contributed by atoms with Crippen LogP contribution in [0.2, 0.25) is 0 Å². The largest absolute Gasteiger partial charge is 0.394 e. The van der Waals surface area contributed by atoms with Crippen molar-refractivity contribution in [3.05, 3.63) is 23.8 Å². The molecule has 0 aromatic heterocycles. The first-order valence-corrected chi connectivity index (χ1v) is 12.6. The van der Waals surface area contributed by atoms with Crippen molar-refractivity contribution in [3.63, 3.8) is 0 Å². The second-order valence-electron chi connectivity index (χ2n) is 11.1. The van der Waals surface area contributed by atoms with Crippen LogP contribution in [0.3, 0.4) is 0 Å². The molecule has 0 radical (unpaired) electrons. The Balaban J connectivity index is 1.73. The van der Waals surface area contributed by atoms with Crippen molar-refractivity contribution in [2.75, 3.05) is 26.4 Å². The van der Waals surface area contributed by atoms with Crippen molar-refractivity contribution >= 4 is 0 Å². The van der Waals surface area contributed by atoms with Crippen LogP contribution in [0.4, 0.5) is 0 Å². The quantitative estimate of drug-likeness (QED) is 0.269. The molecular formula is C26H44O8. The molecular weight excluding hydrogens is 440 g/mol. The highest BCUT2D eigenvalue weighted by molar-refractivity contribution is 5.17. The Labute approximate surface area is 202 Å². The summed E-state index contributed by atoms with van der Waals surface area (Å²) >= 11 is 0. The zero-order chi connectivity index (χ0) is 25.1. The maximum absolute atomic E-state index is 10.4. The molecule has 1 saturated heterocycles. The van der Waals surface area contributed by atoms with E-state index in [-0.39, 0.29) is 24.0 Å². The van der Waals surface area contributed by atoms with Crippen LogP contribution in [0.5, 0.6) is 0 Å². The van der Waals surface area contributed by atoms with Crippen LogP contribution < -0.4 is 0 Å². The summed E-state index contributed by atoms with van der Waals surface area (Å²) in [6.07, 6.45) is 1.94. The van der Waals surface area contributed by atoms with E-state index in [0.717, 1.165) is 50.5 Å². The van der Waals surface area contributed by atoms with Crippen LogP contribution in [0.1, 0.15) is 58.8 Å². The molecule has 6 N–H and O–H groups in total. The van der Waals surface area contributed by atoms with Gasteiger partial charge < -0.3 is 40.1 Å². The topological polar surface area (TPSA) is 140 Å². The highest BCUT2D eigenvalue weighted by atomic mass is 16.7. The Kier molecular flexibility index (Phi) is 9.36. The smallest absolute Gasteiger partial charge is 0.186 e. The molecule has 2 aliphatic carbocycles. The fourth-order valence-corrected chi connectivity index (χ4v) is 6.97. The fraction of sp³-hybridized carbons (Fsp3) is 0.846. The first-order chi connectivity index (χ1) is 16.1. The van der Waals surface area contributed by atoms with Crippen LogP contribution in [0, 0.1) is 22.7 Å². The minimum Gasteiger partial charge on any atom is -0.394 e. The molecule has 9 atom stereocenters. The summed E-state index contributed by atoms with van der Waals surface area (Å²) < 4.78 is 11.6. The molecule has 2 saturated carbocycles. The van der Waals surface area contributed by atoms with Gasteiger partial charge in [0, 0.05) is 0 Å². The number of aliphatic hydroxyl groups excluding tert-OH is 6.